The van der Waals surface area contributed by atoms with E-state index in [9.17, 15) is 43.2 Å². The maximum absolute atomic E-state index is 14.4. The first-order valence-corrected chi connectivity index (χ1v) is 23.7. The van der Waals surface area contributed by atoms with E-state index in [0.717, 1.165) is 10.9 Å². The van der Waals surface area contributed by atoms with Crippen molar-refractivity contribution in [1.82, 2.24) is 58.2 Å². The molecule has 19 N–H and O–H groups in total. The van der Waals surface area contributed by atoms with Gasteiger partial charge >= 0.3 is 0 Å². The van der Waals surface area contributed by atoms with Crippen LogP contribution in [0.25, 0.3) is 10.9 Å². The lowest BCUT2D eigenvalue weighted by Gasteiger charge is -2.27. The van der Waals surface area contributed by atoms with Crippen LogP contribution in [0.1, 0.15) is 76.3 Å². The fourth-order valence-corrected chi connectivity index (χ4v) is 7.85. The summed E-state index contributed by atoms with van der Waals surface area (Å²) >= 11 is 0. The lowest BCUT2D eigenvalue weighted by Crippen LogP contribution is -2.60. The van der Waals surface area contributed by atoms with Crippen LogP contribution in [-0.2, 0) is 56.0 Å². The fraction of sp³-hybridized carbons (Fsp3) is 0.468. The molecular weight excluding hydrogens is 933 g/mol. The number of nitrogens with two attached hydrogens (primary N) is 3. The molecule has 1 aliphatic rings. The average molecular weight is 1000 g/mol. The average Bonchev–Trinajstić information content (AvgIpc) is 3.74. The molecule has 0 saturated carbocycles. The molecule has 0 radical (unpaired) electrons. The normalized spacial score (nSPS) is 21.5. The zero-order valence-corrected chi connectivity index (χ0v) is 40.4. The first kappa shape index (κ1) is 56.3. The van der Waals surface area contributed by atoms with E-state index >= 15 is 0 Å². The second kappa shape index (κ2) is 28.4. The van der Waals surface area contributed by atoms with Gasteiger partial charge < -0.3 is 75.4 Å². The summed E-state index contributed by atoms with van der Waals surface area (Å²) < 4.78 is 0. The SMILES string of the molecule is CC(=O)N[C@@H](CCCNC(=N)N)C(=O)N[C@H]1CCCNC(=O)CCC(C(N)=O)NC(=O)[C@H](Cc2c[nH]c3ccccc23)NC(=O)[C@H](CCCNC(=N)N)NC(=O)[C@@H](Cc2ccccc2)NC(=O)[C@H](C)NC1=O. The van der Waals surface area contributed by atoms with Gasteiger partial charge in [0, 0.05) is 62.9 Å². The molecule has 2 heterocycles. The lowest BCUT2D eigenvalue weighted by atomic mass is 10.0. The molecule has 7 atom stereocenters. The minimum atomic E-state index is -1.37. The monoisotopic (exact) mass is 1000 g/mol. The van der Waals surface area contributed by atoms with Crippen molar-refractivity contribution in [3.05, 3.63) is 71.9 Å². The van der Waals surface area contributed by atoms with Crippen molar-refractivity contribution in [2.45, 2.75) is 120 Å². The van der Waals surface area contributed by atoms with Crippen molar-refractivity contribution in [2.24, 2.45) is 17.2 Å². The number of aromatic amines is 1. The van der Waals surface area contributed by atoms with Crippen LogP contribution in [0.5, 0.6) is 0 Å². The summed E-state index contributed by atoms with van der Waals surface area (Å²) in [5.41, 5.74) is 18.6. The molecular formula is C47H68N16O9. The van der Waals surface area contributed by atoms with E-state index < -0.39 is 95.5 Å². The van der Waals surface area contributed by atoms with Gasteiger partial charge in [0.15, 0.2) is 11.9 Å². The van der Waals surface area contributed by atoms with Crippen LogP contribution >= 0.6 is 0 Å². The largest absolute Gasteiger partial charge is 0.370 e. The third-order valence-electron chi connectivity index (χ3n) is 11.6. The van der Waals surface area contributed by atoms with Crippen LogP contribution < -0.4 is 70.4 Å². The number of primary amides is 1. The molecule has 1 aromatic heterocycles. The molecule has 25 heteroatoms. The second-order valence-corrected chi connectivity index (χ2v) is 17.4. The Kier molecular flexibility index (Phi) is 22.2. The highest BCUT2D eigenvalue weighted by atomic mass is 16.2. The molecule has 1 saturated heterocycles. The van der Waals surface area contributed by atoms with Crippen molar-refractivity contribution >= 4 is 76.0 Å². The Balaban J connectivity index is 1.71. The van der Waals surface area contributed by atoms with Gasteiger partial charge in [0.2, 0.25) is 53.2 Å². The van der Waals surface area contributed by atoms with Gasteiger partial charge in [0.05, 0.1) is 0 Å². The number of fused-ring (bicyclic) bond motifs is 1. The molecule has 0 aliphatic carbocycles. The summed E-state index contributed by atoms with van der Waals surface area (Å²) in [6, 6.07) is 6.77. The van der Waals surface area contributed by atoms with Gasteiger partial charge in [-0.05, 0) is 69.1 Å². The highest BCUT2D eigenvalue weighted by Gasteiger charge is 2.34. The topological polar surface area (TPSA) is 415 Å². The number of hydrogen-bond donors (Lipinski definition) is 16. The molecule has 1 unspecified atom stereocenters. The smallest absolute Gasteiger partial charge is 0.243 e. The maximum Gasteiger partial charge on any atom is 0.243 e. The van der Waals surface area contributed by atoms with Crippen LogP contribution in [-0.4, -0.2) is 132 Å². The lowest BCUT2D eigenvalue weighted by molar-refractivity contribution is -0.135. The number of carbonyl (C=O) groups excluding carboxylic acids is 9. The predicted octanol–water partition coefficient (Wildman–Crippen LogP) is -2.91. The van der Waals surface area contributed by atoms with Crippen molar-refractivity contribution in [3.63, 3.8) is 0 Å². The number of H-pyrrole nitrogens is 1. The van der Waals surface area contributed by atoms with Crippen molar-refractivity contribution < 1.29 is 43.2 Å². The second-order valence-electron chi connectivity index (χ2n) is 17.4. The number of carbonyl (C=O) groups is 9. The number of guanidine groups is 2. The number of para-hydroxylation sites is 1. The summed E-state index contributed by atoms with van der Waals surface area (Å²) in [7, 11) is 0. The first-order chi connectivity index (χ1) is 34.3. The van der Waals surface area contributed by atoms with E-state index in [4.69, 9.17) is 28.0 Å². The van der Waals surface area contributed by atoms with Gasteiger partial charge in [-0.3, -0.25) is 54.0 Å². The van der Waals surface area contributed by atoms with Crippen LogP contribution in [0, 0.1) is 10.8 Å². The number of aromatic nitrogens is 1. The molecule has 9 amide bonds. The zero-order valence-electron chi connectivity index (χ0n) is 40.4. The quantitative estimate of drug-likeness (QED) is 0.0389. The summed E-state index contributed by atoms with van der Waals surface area (Å²) in [6.45, 7) is 2.89. The number of benzene rings is 2. The molecule has 4 rings (SSSR count). The van der Waals surface area contributed by atoms with Gasteiger partial charge in [0.25, 0.3) is 0 Å². The standard InChI is InChI=1S/C47H68N16O9/c1-26-40(67)62-36(23-28-11-4-3-5-12-28)44(71)61-35(17-10-22-55-47(51)52)43(70)63-37(24-29-25-56-31-14-7-6-13-30(29)31)45(72)59-32(39(48)66)18-19-38(65)53-20-8-16-34(41(68)57-26)60-42(69)33(58-27(2)64)15-9-21-54-46(49)50/h3-7,11-14,25-26,32-37,56H,8-10,15-24H2,1-2H3,(H2,48,66)(H,53,65)(H,57,68)(H,58,64)(H,59,72)(H,60,69)(H,61,71)(H,62,67)(H,63,70)(H4,49,50,54)(H4,51,52,55)/t26-,32?,33-,34-,35-,36+,37-/m0/s1. The van der Waals surface area contributed by atoms with Gasteiger partial charge in [0.1, 0.15) is 42.3 Å². The molecule has 0 bridgehead atoms. The van der Waals surface area contributed by atoms with Crippen LogP contribution in [0.2, 0.25) is 0 Å². The van der Waals surface area contributed by atoms with E-state index in [0.29, 0.717) is 17.5 Å². The van der Waals surface area contributed by atoms with E-state index in [-0.39, 0.29) is 89.3 Å². The van der Waals surface area contributed by atoms with E-state index in [1.165, 1.54) is 13.8 Å². The van der Waals surface area contributed by atoms with E-state index in [2.05, 4.69) is 58.2 Å². The van der Waals surface area contributed by atoms with Crippen molar-refractivity contribution in [3.8, 4) is 0 Å². The maximum atomic E-state index is 14.4. The third-order valence-corrected chi connectivity index (χ3v) is 11.6. The van der Waals surface area contributed by atoms with Gasteiger partial charge in [-0.15, -0.1) is 0 Å². The molecule has 2 aromatic carbocycles. The minimum absolute atomic E-state index is 0.0189. The Morgan fingerprint density at radius 1 is 0.722 bits per heavy atom. The fourth-order valence-electron chi connectivity index (χ4n) is 7.85. The molecule has 3 aromatic rings. The van der Waals surface area contributed by atoms with E-state index in [1.54, 1.807) is 42.6 Å². The highest BCUT2D eigenvalue weighted by Crippen LogP contribution is 2.20. The molecule has 0 spiro atoms. The molecule has 25 nitrogen and oxygen atoms in total. The Hall–Kier alpha value is -8.25. The predicted molar refractivity (Wildman–Crippen MR) is 266 cm³/mol. The number of nitrogens with one attached hydrogen (secondary N) is 13. The van der Waals surface area contributed by atoms with Crippen molar-refractivity contribution in [1.29, 1.82) is 10.8 Å². The number of rotatable bonds is 16. The van der Waals surface area contributed by atoms with Gasteiger partial charge in [-0.25, -0.2) is 0 Å². The molecule has 72 heavy (non-hydrogen) atoms. The summed E-state index contributed by atoms with van der Waals surface area (Å²) in [6.07, 6.45) is 1.53. The number of amides is 9. The summed E-state index contributed by atoms with van der Waals surface area (Å²) in [4.78, 5) is 126. The third kappa shape index (κ3) is 18.9. The van der Waals surface area contributed by atoms with Crippen LogP contribution in [0.4, 0.5) is 0 Å². The van der Waals surface area contributed by atoms with Gasteiger partial charge in [-0.2, -0.15) is 0 Å². The Bertz CT molecular complexity index is 2410. The van der Waals surface area contributed by atoms with E-state index in [1.807, 2.05) is 18.2 Å². The number of hydrogen-bond acceptors (Lipinski definition) is 11. The molecule has 1 aliphatic heterocycles. The van der Waals surface area contributed by atoms with Crippen LogP contribution in [0.3, 0.4) is 0 Å². The van der Waals surface area contributed by atoms with Crippen molar-refractivity contribution in [2.75, 3.05) is 19.6 Å². The Morgan fingerprint density at radius 3 is 2.01 bits per heavy atom. The van der Waals surface area contributed by atoms with Gasteiger partial charge in [-0.1, -0.05) is 48.5 Å². The summed E-state index contributed by atoms with van der Waals surface area (Å²) in [5.74, 6) is -7.43. The summed E-state index contributed by atoms with van der Waals surface area (Å²) in [5, 5.41) is 42.2. The molecule has 1 fully saturated rings. The Labute approximate surface area is 416 Å². The minimum Gasteiger partial charge on any atom is -0.370 e. The first-order valence-electron chi connectivity index (χ1n) is 23.7. The zero-order chi connectivity index (χ0) is 52.7. The highest BCUT2D eigenvalue weighted by molar-refractivity contribution is 5.98. The van der Waals surface area contributed by atoms with Crippen LogP contribution in [0.15, 0.2) is 60.8 Å². The Morgan fingerprint density at radius 2 is 1.33 bits per heavy atom. The molecule has 390 valence electrons.